The van der Waals surface area contributed by atoms with Gasteiger partial charge < -0.3 is 5.32 Å². The highest BCUT2D eigenvalue weighted by molar-refractivity contribution is 7.99. The van der Waals surface area contributed by atoms with Crippen molar-refractivity contribution in [1.29, 1.82) is 0 Å². The number of benzene rings is 2. The van der Waals surface area contributed by atoms with Crippen LogP contribution in [0.4, 0.5) is 0 Å². The minimum absolute atomic E-state index is 0.689. The summed E-state index contributed by atoms with van der Waals surface area (Å²) in [7, 11) is 0. The van der Waals surface area contributed by atoms with Gasteiger partial charge in [-0.05, 0) is 36.2 Å². The average Bonchev–Trinajstić information content (AvgIpc) is 2.41. The summed E-state index contributed by atoms with van der Waals surface area (Å²) < 4.78 is 0. The normalized spacial score (nSPS) is 10.9. The molecular formula is C17H21NS. The van der Waals surface area contributed by atoms with Crippen molar-refractivity contribution in [1.82, 2.24) is 5.32 Å². The monoisotopic (exact) mass is 271 g/mol. The summed E-state index contributed by atoms with van der Waals surface area (Å²) in [6.07, 6.45) is 0. The molecule has 0 saturated carbocycles. The molecule has 2 rings (SSSR count). The lowest BCUT2D eigenvalue weighted by atomic mass is 10.2. The zero-order valence-electron chi connectivity index (χ0n) is 11.6. The second-order valence-corrected chi connectivity index (χ2v) is 6.16. The lowest BCUT2D eigenvalue weighted by molar-refractivity contribution is 0.550. The average molecular weight is 271 g/mol. The Morgan fingerprint density at radius 3 is 2.37 bits per heavy atom. The minimum atomic E-state index is 0.689. The van der Waals surface area contributed by atoms with Gasteiger partial charge in [-0.1, -0.05) is 62.0 Å². The third kappa shape index (κ3) is 4.73. The molecule has 0 aliphatic rings. The predicted octanol–water partition coefficient (Wildman–Crippen LogP) is 4.58. The van der Waals surface area contributed by atoms with Crippen molar-refractivity contribution >= 4 is 11.8 Å². The first kappa shape index (κ1) is 14.2. The molecule has 19 heavy (non-hydrogen) atoms. The van der Waals surface area contributed by atoms with Gasteiger partial charge in [0.25, 0.3) is 0 Å². The smallest absolute Gasteiger partial charge is 0.0216 e. The highest BCUT2D eigenvalue weighted by Crippen LogP contribution is 2.30. The van der Waals surface area contributed by atoms with Gasteiger partial charge in [-0.15, -0.1) is 0 Å². The van der Waals surface area contributed by atoms with E-state index < -0.39 is 0 Å². The molecule has 0 atom stereocenters. The molecule has 0 bridgehead atoms. The topological polar surface area (TPSA) is 12.0 Å². The van der Waals surface area contributed by atoms with Crippen LogP contribution < -0.4 is 5.32 Å². The van der Waals surface area contributed by atoms with Crippen LogP contribution in [0.25, 0.3) is 0 Å². The van der Waals surface area contributed by atoms with E-state index in [2.05, 4.69) is 73.8 Å². The molecule has 1 nitrogen and oxygen atoms in total. The molecule has 2 aromatic rings. The van der Waals surface area contributed by atoms with Crippen molar-refractivity contribution in [2.24, 2.45) is 5.92 Å². The third-order valence-corrected chi connectivity index (χ3v) is 3.94. The number of rotatable bonds is 6. The molecule has 0 aliphatic carbocycles. The predicted molar refractivity (Wildman–Crippen MR) is 83.6 cm³/mol. The van der Waals surface area contributed by atoms with E-state index in [0.29, 0.717) is 5.92 Å². The van der Waals surface area contributed by atoms with Crippen LogP contribution >= 0.6 is 11.8 Å². The van der Waals surface area contributed by atoms with Gasteiger partial charge in [-0.25, -0.2) is 0 Å². The summed E-state index contributed by atoms with van der Waals surface area (Å²) in [4.78, 5) is 2.63. The van der Waals surface area contributed by atoms with Crippen molar-refractivity contribution < 1.29 is 0 Å². The van der Waals surface area contributed by atoms with Gasteiger partial charge in [0, 0.05) is 16.3 Å². The van der Waals surface area contributed by atoms with Gasteiger partial charge >= 0.3 is 0 Å². The maximum absolute atomic E-state index is 3.51. The van der Waals surface area contributed by atoms with E-state index in [1.807, 2.05) is 11.8 Å². The van der Waals surface area contributed by atoms with Crippen molar-refractivity contribution in [2.75, 3.05) is 6.54 Å². The Morgan fingerprint density at radius 1 is 0.947 bits per heavy atom. The molecular weight excluding hydrogens is 250 g/mol. The van der Waals surface area contributed by atoms with Crippen molar-refractivity contribution in [3.8, 4) is 0 Å². The quantitative estimate of drug-likeness (QED) is 0.825. The molecule has 100 valence electrons. The first-order valence-corrected chi connectivity index (χ1v) is 7.59. The van der Waals surface area contributed by atoms with Gasteiger partial charge in [-0.2, -0.15) is 0 Å². The Morgan fingerprint density at radius 2 is 1.63 bits per heavy atom. The van der Waals surface area contributed by atoms with E-state index in [1.165, 1.54) is 15.4 Å². The minimum Gasteiger partial charge on any atom is -0.312 e. The Bertz CT molecular complexity index is 494. The summed E-state index contributed by atoms with van der Waals surface area (Å²) >= 11 is 1.83. The molecule has 0 unspecified atom stereocenters. The molecule has 0 radical (unpaired) electrons. The zero-order valence-corrected chi connectivity index (χ0v) is 12.4. The summed E-state index contributed by atoms with van der Waals surface area (Å²) in [6, 6.07) is 19.2. The highest BCUT2D eigenvalue weighted by atomic mass is 32.2. The fourth-order valence-corrected chi connectivity index (χ4v) is 2.83. The maximum atomic E-state index is 3.51. The maximum Gasteiger partial charge on any atom is 0.0216 e. The zero-order chi connectivity index (χ0) is 13.5. The van der Waals surface area contributed by atoms with Crippen LogP contribution in [0.2, 0.25) is 0 Å². The molecule has 2 aromatic carbocycles. The van der Waals surface area contributed by atoms with E-state index in [-0.39, 0.29) is 0 Å². The van der Waals surface area contributed by atoms with Gasteiger partial charge in [0.15, 0.2) is 0 Å². The van der Waals surface area contributed by atoms with E-state index >= 15 is 0 Å². The Kier molecular flexibility index (Phi) is 5.49. The first-order chi connectivity index (χ1) is 9.25. The van der Waals surface area contributed by atoms with Gasteiger partial charge in [0.1, 0.15) is 0 Å². The summed E-state index contributed by atoms with van der Waals surface area (Å²) in [5.41, 5.74) is 1.37. The van der Waals surface area contributed by atoms with Crippen LogP contribution in [-0.4, -0.2) is 6.54 Å². The van der Waals surface area contributed by atoms with Crippen LogP contribution in [0.1, 0.15) is 19.4 Å². The number of nitrogens with one attached hydrogen (secondary N) is 1. The molecule has 0 heterocycles. The lowest BCUT2D eigenvalue weighted by Gasteiger charge is -2.11. The van der Waals surface area contributed by atoms with E-state index in [0.717, 1.165) is 13.1 Å². The standard InChI is InChI=1S/C17H21NS/c1-14(2)12-18-13-15-8-6-7-11-17(15)19-16-9-4-3-5-10-16/h3-11,14,18H,12-13H2,1-2H3. The molecule has 0 aromatic heterocycles. The van der Waals surface area contributed by atoms with Crippen LogP contribution in [0.15, 0.2) is 64.4 Å². The van der Waals surface area contributed by atoms with Gasteiger partial charge in [0.2, 0.25) is 0 Å². The number of hydrogen-bond donors (Lipinski definition) is 1. The molecule has 0 saturated heterocycles. The summed E-state index contributed by atoms with van der Waals surface area (Å²) in [5.74, 6) is 0.689. The second-order valence-electron chi connectivity index (χ2n) is 5.05. The molecule has 0 amide bonds. The molecule has 0 fully saturated rings. The van der Waals surface area contributed by atoms with Crippen LogP contribution in [0, 0.1) is 5.92 Å². The second kappa shape index (κ2) is 7.37. The first-order valence-electron chi connectivity index (χ1n) is 6.77. The van der Waals surface area contributed by atoms with E-state index in [9.17, 15) is 0 Å². The Labute approximate surface area is 120 Å². The Balaban J connectivity index is 2.04. The largest absolute Gasteiger partial charge is 0.312 e. The van der Waals surface area contributed by atoms with Crippen LogP contribution in [-0.2, 0) is 6.54 Å². The summed E-state index contributed by atoms with van der Waals surface area (Å²) in [6.45, 7) is 6.47. The SMILES string of the molecule is CC(C)CNCc1ccccc1Sc1ccccc1. The number of hydrogen-bond acceptors (Lipinski definition) is 2. The fourth-order valence-electron chi connectivity index (χ4n) is 1.86. The van der Waals surface area contributed by atoms with Crippen molar-refractivity contribution in [3.63, 3.8) is 0 Å². The van der Waals surface area contributed by atoms with Gasteiger partial charge in [-0.3, -0.25) is 0 Å². The van der Waals surface area contributed by atoms with E-state index in [1.54, 1.807) is 0 Å². The Hall–Kier alpha value is -1.25. The van der Waals surface area contributed by atoms with Crippen molar-refractivity contribution in [3.05, 3.63) is 60.2 Å². The van der Waals surface area contributed by atoms with Crippen LogP contribution in [0.3, 0.4) is 0 Å². The van der Waals surface area contributed by atoms with Gasteiger partial charge in [0.05, 0.1) is 0 Å². The highest BCUT2D eigenvalue weighted by Gasteiger charge is 2.03. The molecule has 1 N–H and O–H groups in total. The molecule has 0 aliphatic heterocycles. The van der Waals surface area contributed by atoms with Crippen molar-refractivity contribution in [2.45, 2.75) is 30.2 Å². The fraction of sp³-hybridized carbons (Fsp3) is 0.294. The lowest BCUT2D eigenvalue weighted by Crippen LogP contribution is -2.19. The van der Waals surface area contributed by atoms with E-state index in [4.69, 9.17) is 0 Å². The van der Waals surface area contributed by atoms with Crippen LogP contribution in [0.5, 0.6) is 0 Å². The summed E-state index contributed by atoms with van der Waals surface area (Å²) in [5, 5.41) is 3.51. The third-order valence-electron chi connectivity index (χ3n) is 2.81. The molecule has 2 heteroatoms. The molecule has 0 spiro atoms.